The minimum Gasteiger partial charge on any atom is -0.403 e. The molecule has 13 heteroatoms. The number of halogens is 7. The summed E-state index contributed by atoms with van der Waals surface area (Å²) in [5, 5.41) is 9.28. The van der Waals surface area contributed by atoms with E-state index in [1.165, 1.54) is 12.1 Å². The standard InChI is InChI=1S/C15H9F6N3O2S.CH3F/c16-11-5-1-10(2-6-11)14-23-24-15(26-14)22-13(25)9-3-7-12(8-4-9)27(17,18,19,20)21;1-2/h1-8H,(H,22,24,25);1H3. The molecule has 1 N–H and O–H groups in total. The van der Waals surface area contributed by atoms with Crippen LogP contribution in [0.4, 0.5) is 34.2 Å². The number of hydrogen-bond donors (Lipinski definition) is 1. The van der Waals surface area contributed by atoms with Crippen LogP contribution in [0.2, 0.25) is 0 Å². The third-order valence-corrected chi connectivity index (χ3v) is 4.46. The number of nitrogens with one attached hydrogen (secondary N) is 1. The van der Waals surface area contributed by atoms with E-state index >= 15 is 0 Å². The first-order chi connectivity index (χ1) is 13.3. The molecule has 1 heterocycles. The Labute approximate surface area is 159 Å². The molecule has 0 aliphatic carbocycles. The van der Waals surface area contributed by atoms with Crippen LogP contribution in [0.5, 0.6) is 0 Å². The number of alkyl halides is 1. The van der Waals surface area contributed by atoms with Crippen LogP contribution in [0, 0.1) is 5.82 Å². The molecule has 0 saturated heterocycles. The first kappa shape index (κ1) is 22.2. The monoisotopic (exact) mass is 443 g/mol. The molecule has 1 amide bonds. The molecule has 3 rings (SSSR count). The van der Waals surface area contributed by atoms with Crippen molar-refractivity contribution in [2.45, 2.75) is 4.90 Å². The first-order valence-electron chi connectivity index (χ1n) is 7.44. The zero-order valence-corrected chi connectivity index (χ0v) is 15.2. The lowest BCUT2D eigenvalue weighted by Crippen LogP contribution is -2.13. The molecule has 2 aromatic carbocycles. The predicted molar refractivity (Wildman–Crippen MR) is 92.5 cm³/mol. The largest absolute Gasteiger partial charge is 0.403 e. The van der Waals surface area contributed by atoms with Crippen molar-refractivity contribution < 1.29 is 37.4 Å². The molecule has 0 spiro atoms. The number of rotatable bonds is 4. The van der Waals surface area contributed by atoms with Gasteiger partial charge in [0, 0.05) is 11.1 Å². The van der Waals surface area contributed by atoms with E-state index in [0.29, 0.717) is 24.9 Å². The maximum Gasteiger partial charge on any atom is 0.322 e. The molecule has 1 aromatic heterocycles. The van der Waals surface area contributed by atoms with E-state index in [0.717, 1.165) is 12.1 Å². The number of anilines is 1. The average Bonchev–Trinajstić information content (AvgIpc) is 3.11. The molecule has 0 fully saturated rings. The third kappa shape index (κ3) is 5.70. The summed E-state index contributed by atoms with van der Waals surface area (Å²) in [6.45, 7) is 0. The minimum absolute atomic E-state index is 0.0402. The lowest BCUT2D eigenvalue weighted by atomic mass is 10.2. The zero-order chi connectivity index (χ0) is 21.9. The molecule has 0 aliphatic heterocycles. The fourth-order valence-electron chi connectivity index (χ4n) is 2.02. The van der Waals surface area contributed by atoms with Crippen LogP contribution in [0.15, 0.2) is 57.8 Å². The summed E-state index contributed by atoms with van der Waals surface area (Å²) in [6.07, 6.45) is 0. The van der Waals surface area contributed by atoms with Gasteiger partial charge in [-0.15, -0.1) is 5.10 Å². The molecular weight excluding hydrogens is 431 g/mol. The smallest absolute Gasteiger partial charge is 0.322 e. The summed E-state index contributed by atoms with van der Waals surface area (Å²) in [4.78, 5) is 9.87. The third-order valence-electron chi connectivity index (χ3n) is 3.30. The van der Waals surface area contributed by atoms with Crippen LogP contribution in [-0.4, -0.2) is 23.3 Å². The normalized spacial score (nSPS) is 13.5. The molecule has 3 aromatic rings. The Kier molecular flexibility index (Phi) is 5.41. The number of hydrogen-bond acceptors (Lipinski definition) is 4. The van der Waals surface area contributed by atoms with Gasteiger partial charge >= 0.3 is 16.2 Å². The van der Waals surface area contributed by atoms with E-state index in [9.17, 15) is 33.0 Å². The lowest BCUT2D eigenvalue weighted by Gasteiger charge is -2.40. The Bertz CT molecular complexity index is 1000. The second-order valence-electron chi connectivity index (χ2n) is 5.37. The Balaban J connectivity index is 0.00000145. The summed E-state index contributed by atoms with van der Waals surface area (Å²) in [5.41, 5.74) is 0.0340. The van der Waals surface area contributed by atoms with Crippen molar-refractivity contribution in [1.82, 2.24) is 10.2 Å². The van der Waals surface area contributed by atoms with E-state index in [2.05, 4.69) is 15.5 Å². The van der Waals surface area contributed by atoms with Gasteiger partial charge in [0.1, 0.15) is 10.7 Å². The number of carbonyl (C=O) groups excluding carboxylic acids is 1. The van der Waals surface area contributed by atoms with Gasteiger partial charge in [-0.2, -0.15) is 0 Å². The Morgan fingerprint density at radius 3 is 1.97 bits per heavy atom. The van der Waals surface area contributed by atoms with Crippen molar-refractivity contribution in [2.75, 3.05) is 12.5 Å². The van der Waals surface area contributed by atoms with Gasteiger partial charge in [-0.25, -0.2) is 4.39 Å². The summed E-state index contributed by atoms with van der Waals surface area (Å²) >= 11 is 0. The number of carbonyl (C=O) groups is 1. The number of benzene rings is 2. The zero-order valence-electron chi connectivity index (χ0n) is 14.4. The molecule has 0 atom stereocenters. The number of nitrogens with zero attached hydrogens (tertiary/aromatic N) is 2. The van der Waals surface area contributed by atoms with Gasteiger partial charge in [0.2, 0.25) is 5.89 Å². The van der Waals surface area contributed by atoms with Crippen LogP contribution in [0.3, 0.4) is 0 Å². The molecule has 0 aliphatic rings. The molecule has 0 saturated carbocycles. The van der Waals surface area contributed by atoms with E-state index in [4.69, 9.17) is 4.42 Å². The summed E-state index contributed by atoms with van der Waals surface area (Å²) in [5.74, 6) is -1.47. The van der Waals surface area contributed by atoms with Crippen LogP contribution in [-0.2, 0) is 0 Å². The molecule has 0 bridgehead atoms. The van der Waals surface area contributed by atoms with Crippen molar-refractivity contribution >= 4 is 22.1 Å². The summed E-state index contributed by atoms with van der Waals surface area (Å²) in [7, 11) is -9.31. The Morgan fingerprint density at radius 1 is 0.897 bits per heavy atom. The number of amides is 1. The predicted octanol–water partition coefficient (Wildman–Crippen LogP) is 6.37. The lowest BCUT2D eigenvalue weighted by molar-refractivity contribution is 0.102. The van der Waals surface area contributed by atoms with Crippen molar-refractivity contribution in [3.63, 3.8) is 0 Å². The highest BCUT2D eigenvalue weighted by Crippen LogP contribution is 3.02. The van der Waals surface area contributed by atoms with Gasteiger partial charge in [0.05, 0.1) is 7.18 Å². The molecule has 29 heavy (non-hydrogen) atoms. The quantitative estimate of drug-likeness (QED) is 0.476. The fourth-order valence-corrected chi connectivity index (χ4v) is 2.67. The van der Waals surface area contributed by atoms with E-state index in [1.54, 1.807) is 0 Å². The highest BCUT2D eigenvalue weighted by atomic mass is 32.5. The van der Waals surface area contributed by atoms with Crippen molar-refractivity contribution in [3.8, 4) is 11.5 Å². The second kappa shape index (κ2) is 7.06. The summed E-state index contributed by atoms with van der Waals surface area (Å²) in [6, 6.07) is 6.06. The van der Waals surface area contributed by atoms with E-state index < -0.39 is 26.8 Å². The Hall–Kier alpha value is -3.09. The van der Waals surface area contributed by atoms with Crippen LogP contribution in [0.25, 0.3) is 11.5 Å². The Morgan fingerprint density at radius 2 is 1.45 bits per heavy atom. The molecule has 5 nitrogen and oxygen atoms in total. The van der Waals surface area contributed by atoms with Gasteiger partial charge in [-0.05, 0) is 48.5 Å². The van der Waals surface area contributed by atoms with Crippen LogP contribution >= 0.6 is 10.2 Å². The van der Waals surface area contributed by atoms with Crippen molar-refractivity contribution in [2.24, 2.45) is 0 Å². The van der Waals surface area contributed by atoms with Gasteiger partial charge < -0.3 is 4.42 Å². The van der Waals surface area contributed by atoms with Crippen molar-refractivity contribution in [1.29, 1.82) is 0 Å². The van der Waals surface area contributed by atoms with Gasteiger partial charge in [0.15, 0.2) is 0 Å². The van der Waals surface area contributed by atoms with E-state index in [-0.39, 0.29) is 29.6 Å². The molecule has 158 valence electrons. The summed E-state index contributed by atoms with van der Waals surface area (Å²) < 4.78 is 90.8. The van der Waals surface area contributed by atoms with Gasteiger partial charge in [-0.1, -0.05) is 24.5 Å². The van der Waals surface area contributed by atoms with E-state index in [1.807, 2.05) is 0 Å². The van der Waals surface area contributed by atoms with Crippen molar-refractivity contribution in [3.05, 3.63) is 59.9 Å². The van der Waals surface area contributed by atoms with Crippen LogP contribution < -0.4 is 5.32 Å². The molecule has 0 unspecified atom stereocenters. The maximum absolute atomic E-state index is 12.9. The molecule has 0 radical (unpaired) electrons. The molecular formula is C16H12F7N3O2S. The van der Waals surface area contributed by atoms with Gasteiger partial charge in [-0.3, -0.25) is 14.5 Å². The SMILES string of the molecule is CF.O=C(Nc1nnc(-c2ccc(F)cc2)o1)c1ccc(S(F)(F)(F)(F)F)cc1. The first-order valence-corrected chi connectivity index (χ1v) is 9.40. The fraction of sp³-hybridized carbons (Fsp3) is 0.0625. The maximum atomic E-state index is 12.9. The van der Waals surface area contributed by atoms with Crippen LogP contribution in [0.1, 0.15) is 10.4 Å². The highest BCUT2D eigenvalue weighted by molar-refractivity contribution is 8.45. The number of aromatic nitrogens is 2. The topological polar surface area (TPSA) is 68.0 Å². The average molecular weight is 443 g/mol. The van der Waals surface area contributed by atoms with Gasteiger partial charge in [0.25, 0.3) is 5.91 Å². The second-order valence-corrected chi connectivity index (χ2v) is 7.78. The minimum atomic E-state index is -9.81. The highest BCUT2D eigenvalue weighted by Gasteiger charge is 2.65.